The number of methoxy groups -OCH3 is 1. The Morgan fingerprint density at radius 2 is 2.00 bits per heavy atom. The molecule has 0 aliphatic carbocycles. The maximum atomic E-state index is 5.52. The maximum Gasteiger partial charge on any atom is 0.137 e. The van der Waals surface area contributed by atoms with Crippen LogP contribution in [0, 0.1) is 6.58 Å². The molecule has 0 atom stereocenters. The highest BCUT2D eigenvalue weighted by Crippen LogP contribution is 2.36. The summed E-state index contributed by atoms with van der Waals surface area (Å²) >= 11 is 1.63. The van der Waals surface area contributed by atoms with Crippen LogP contribution in [0.25, 0.3) is 16.5 Å². The Kier molecular flexibility index (Phi) is 2.88. The van der Waals surface area contributed by atoms with Crippen LogP contribution in [0.2, 0.25) is 0 Å². The van der Waals surface area contributed by atoms with E-state index in [0.717, 1.165) is 10.6 Å². The largest absolute Gasteiger partial charge is 0.495 e. The van der Waals surface area contributed by atoms with Crippen LogP contribution in [0.4, 0.5) is 0 Å². The van der Waals surface area contributed by atoms with Gasteiger partial charge in [-0.25, -0.2) is 0 Å². The van der Waals surface area contributed by atoms with E-state index in [1.165, 1.54) is 10.4 Å². The molecule has 0 fully saturated rings. The lowest BCUT2D eigenvalue weighted by molar-refractivity contribution is 0.416. The molecule has 2 rings (SSSR count). The molecule has 0 unspecified atom stereocenters. The van der Waals surface area contributed by atoms with E-state index in [0.29, 0.717) is 0 Å². The van der Waals surface area contributed by atoms with Gasteiger partial charge in [-0.3, -0.25) is 0 Å². The van der Waals surface area contributed by atoms with Gasteiger partial charge in [0.25, 0.3) is 0 Å². The van der Waals surface area contributed by atoms with Crippen molar-refractivity contribution in [1.82, 2.24) is 0 Å². The van der Waals surface area contributed by atoms with Gasteiger partial charge in [-0.05, 0) is 17.7 Å². The predicted molar refractivity (Wildman–Crippen MR) is 65.1 cm³/mol. The van der Waals surface area contributed by atoms with Crippen LogP contribution in [0.3, 0.4) is 0 Å². The van der Waals surface area contributed by atoms with Crippen LogP contribution in [0.1, 0.15) is 4.88 Å². The summed E-state index contributed by atoms with van der Waals surface area (Å²) in [6.07, 6.45) is 1.58. The third kappa shape index (κ3) is 1.95. The SMILES string of the molecule is [CH]=Cc1sc(-c2ccccc2)cc1OC. The lowest BCUT2D eigenvalue weighted by Gasteiger charge is -1.94. The quantitative estimate of drug-likeness (QED) is 0.755. The molecule has 0 aliphatic heterocycles. The molecule has 15 heavy (non-hydrogen) atoms. The molecular formula is C13H11OS. The minimum atomic E-state index is 0.835. The van der Waals surface area contributed by atoms with Crippen molar-refractivity contribution in [3.63, 3.8) is 0 Å². The van der Waals surface area contributed by atoms with Gasteiger partial charge in [0.1, 0.15) is 5.75 Å². The third-order valence-electron chi connectivity index (χ3n) is 2.15. The van der Waals surface area contributed by atoms with Gasteiger partial charge in [-0.2, -0.15) is 0 Å². The van der Waals surface area contributed by atoms with E-state index in [1.54, 1.807) is 24.5 Å². The van der Waals surface area contributed by atoms with E-state index in [4.69, 9.17) is 11.3 Å². The summed E-state index contributed by atoms with van der Waals surface area (Å²) in [6, 6.07) is 12.2. The van der Waals surface area contributed by atoms with Gasteiger partial charge in [0.15, 0.2) is 0 Å². The minimum absolute atomic E-state index is 0.835. The van der Waals surface area contributed by atoms with E-state index in [2.05, 4.69) is 12.1 Å². The van der Waals surface area contributed by atoms with Crippen molar-refractivity contribution in [1.29, 1.82) is 0 Å². The second-order valence-electron chi connectivity index (χ2n) is 3.08. The first-order valence-electron chi connectivity index (χ1n) is 4.63. The van der Waals surface area contributed by atoms with E-state index >= 15 is 0 Å². The van der Waals surface area contributed by atoms with Crippen LogP contribution in [0.5, 0.6) is 5.75 Å². The third-order valence-corrected chi connectivity index (χ3v) is 3.29. The summed E-state index contributed by atoms with van der Waals surface area (Å²) in [5.41, 5.74) is 1.19. The standard InChI is InChI=1S/C13H11OS/c1-3-12-11(14-2)9-13(15-12)10-7-5-4-6-8-10/h1,3-9H,2H3. The van der Waals surface area contributed by atoms with E-state index < -0.39 is 0 Å². The van der Waals surface area contributed by atoms with Crippen LogP contribution < -0.4 is 4.74 Å². The molecule has 1 aromatic carbocycles. The van der Waals surface area contributed by atoms with Crippen LogP contribution in [0.15, 0.2) is 36.4 Å². The first-order valence-corrected chi connectivity index (χ1v) is 5.45. The molecule has 2 aromatic rings. The zero-order chi connectivity index (χ0) is 10.7. The molecular weight excluding hydrogens is 204 g/mol. The van der Waals surface area contributed by atoms with Gasteiger partial charge in [-0.1, -0.05) is 36.9 Å². The van der Waals surface area contributed by atoms with Gasteiger partial charge >= 0.3 is 0 Å². The molecule has 75 valence electrons. The van der Waals surface area contributed by atoms with Crippen molar-refractivity contribution in [2.75, 3.05) is 7.11 Å². The molecule has 0 saturated heterocycles. The average Bonchev–Trinajstić information content (AvgIpc) is 2.73. The number of thiophene rings is 1. The molecule has 0 spiro atoms. The fourth-order valence-electron chi connectivity index (χ4n) is 1.41. The van der Waals surface area contributed by atoms with Gasteiger partial charge in [0.05, 0.1) is 12.0 Å². The zero-order valence-electron chi connectivity index (χ0n) is 8.44. The molecule has 1 aromatic heterocycles. The summed E-state index contributed by atoms with van der Waals surface area (Å²) in [5, 5.41) is 0. The lowest BCUT2D eigenvalue weighted by Crippen LogP contribution is -1.79. The maximum absolute atomic E-state index is 5.52. The van der Waals surface area contributed by atoms with Crippen LogP contribution in [-0.4, -0.2) is 7.11 Å². The van der Waals surface area contributed by atoms with Crippen LogP contribution in [-0.2, 0) is 0 Å². The topological polar surface area (TPSA) is 9.23 Å². The van der Waals surface area contributed by atoms with E-state index in [1.807, 2.05) is 24.3 Å². The van der Waals surface area contributed by atoms with Crippen molar-refractivity contribution in [3.05, 3.63) is 47.9 Å². The Morgan fingerprint density at radius 1 is 1.27 bits per heavy atom. The molecule has 1 radical (unpaired) electrons. The molecule has 1 heterocycles. The summed E-state index contributed by atoms with van der Waals surface area (Å²) in [5.74, 6) is 0.835. The minimum Gasteiger partial charge on any atom is -0.495 e. The van der Waals surface area contributed by atoms with Gasteiger partial charge in [-0.15, -0.1) is 11.3 Å². The highest BCUT2D eigenvalue weighted by Gasteiger charge is 2.07. The van der Waals surface area contributed by atoms with Crippen molar-refractivity contribution < 1.29 is 4.74 Å². The van der Waals surface area contributed by atoms with Crippen molar-refractivity contribution >= 4 is 17.4 Å². The van der Waals surface area contributed by atoms with Crippen molar-refractivity contribution in [2.45, 2.75) is 0 Å². The summed E-state index contributed by atoms with van der Waals surface area (Å²) < 4.78 is 5.24. The predicted octanol–water partition coefficient (Wildman–Crippen LogP) is 3.87. The second kappa shape index (κ2) is 4.32. The van der Waals surface area contributed by atoms with Crippen LogP contribution >= 0.6 is 11.3 Å². The average molecular weight is 215 g/mol. The Hall–Kier alpha value is -1.54. The summed E-state index contributed by atoms with van der Waals surface area (Å²) in [4.78, 5) is 2.14. The summed E-state index contributed by atoms with van der Waals surface area (Å²) in [6.45, 7) is 5.52. The normalized spacial score (nSPS) is 9.93. The first kappa shape index (κ1) is 9.99. The lowest BCUT2D eigenvalue weighted by atomic mass is 10.2. The Labute approximate surface area is 93.6 Å². The number of hydrogen-bond acceptors (Lipinski definition) is 2. The second-order valence-corrected chi connectivity index (χ2v) is 4.16. The van der Waals surface area contributed by atoms with Crippen molar-refractivity contribution in [2.24, 2.45) is 0 Å². The molecule has 0 aliphatic rings. The summed E-state index contributed by atoms with van der Waals surface area (Å²) in [7, 11) is 1.66. The Balaban J connectivity index is 2.46. The molecule has 1 nitrogen and oxygen atoms in total. The molecule has 2 heteroatoms. The van der Waals surface area contributed by atoms with E-state index in [-0.39, 0.29) is 0 Å². The number of ether oxygens (including phenoxy) is 1. The molecule has 0 saturated carbocycles. The molecule has 0 N–H and O–H groups in total. The highest BCUT2D eigenvalue weighted by molar-refractivity contribution is 7.16. The van der Waals surface area contributed by atoms with Gasteiger partial charge < -0.3 is 4.74 Å². The van der Waals surface area contributed by atoms with Gasteiger partial charge in [0, 0.05) is 4.88 Å². The number of benzene rings is 1. The van der Waals surface area contributed by atoms with Gasteiger partial charge in [0.2, 0.25) is 0 Å². The molecule has 0 amide bonds. The smallest absolute Gasteiger partial charge is 0.137 e. The zero-order valence-corrected chi connectivity index (χ0v) is 9.25. The fourth-order valence-corrected chi connectivity index (χ4v) is 2.38. The number of hydrogen-bond donors (Lipinski definition) is 0. The Morgan fingerprint density at radius 3 is 2.53 bits per heavy atom. The molecule has 0 bridgehead atoms. The fraction of sp³-hybridized carbons (Fsp3) is 0.0769. The monoisotopic (exact) mass is 215 g/mol. The Bertz CT molecular complexity index is 457. The van der Waals surface area contributed by atoms with Crippen molar-refractivity contribution in [3.8, 4) is 16.2 Å². The highest BCUT2D eigenvalue weighted by atomic mass is 32.1. The first-order chi connectivity index (χ1) is 7.35. The van der Waals surface area contributed by atoms with E-state index in [9.17, 15) is 0 Å². The number of rotatable bonds is 3.